The van der Waals surface area contributed by atoms with Gasteiger partial charge in [-0.3, -0.25) is 0 Å². The van der Waals surface area contributed by atoms with E-state index in [1.54, 1.807) is 0 Å². The van der Waals surface area contributed by atoms with E-state index in [9.17, 15) is 0 Å². The second-order valence-corrected chi connectivity index (χ2v) is 4.68. The minimum atomic E-state index is 0.717. The Morgan fingerprint density at radius 2 is 1.69 bits per heavy atom. The largest absolute Gasteiger partial charge is 0.314 e. The van der Waals surface area contributed by atoms with Crippen LogP contribution in [0.5, 0.6) is 0 Å². The van der Waals surface area contributed by atoms with Crippen molar-refractivity contribution < 1.29 is 0 Å². The summed E-state index contributed by atoms with van der Waals surface area (Å²) in [5, 5.41) is 3.57. The highest BCUT2D eigenvalue weighted by atomic mass is 14.9. The van der Waals surface area contributed by atoms with Crippen LogP contribution < -0.4 is 5.32 Å². The monoisotopic (exact) mass is 225 g/mol. The average molecular weight is 225 g/mol. The van der Waals surface area contributed by atoms with Gasteiger partial charge in [0.2, 0.25) is 0 Å². The Kier molecular flexibility index (Phi) is 12.5. The minimum absolute atomic E-state index is 0.717. The summed E-state index contributed by atoms with van der Waals surface area (Å²) in [7, 11) is 0. The predicted molar refractivity (Wildman–Crippen MR) is 74.9 cm³/mol. The highest BCUT2D eigenvalue weighted by molar-refractivity contribution is 4.73. The van der Waals surface area contributed by atoms with Gasteiger partial charge in [0.1, 0.15) is 0 Å². The van der Waals surface area contributed by atoms with Crippen LogP contribution in [0.1, 0.15) is 71.6 Å². The lowest BCUT2D eigenvalue weighted by Crippen LogP contribution is -2.28. The molecule has 0 spiro atoms. The second kappa shape index (κ2) is 12.8. The van der Waals surface area contributed by atoms with E-state index in [1.165, 1.54) is 51.4 Å². The van der Waals surface area contributed by atoms with Crippen LogP contribution >= 0.6 is 0 Å². The molecule has 0 amide bonds. The molecule has 1 nitrogen and oxygen atoms in total. The summed E-state index contributed by atoms with van der Waals surface area (Å²) in [6.45, 7) is 9.36. The molecule has 0 heterocycles. The van der Waals surface area contributed by atoms with Gasteiger partial charge < -0.3 is 5.32 Å². The molecule has 0 bridgehead atoms. The summed E-state index contributed by atoms with van der Waals surface area (Å²) in [5.41, 5.74) is 0. The van der Waals surface area contributed by atoms with Crippen LogP contribution in [0.15, 0.2) is 12.7 Å². The molecule has 0 saturated heterocycles. The van der Waals surface area contributed by atoms with Gasteiger partial charge in [-0.15, -0.1) is 6.58 Å². The lowest BCUT2D eigenvalue weighted by Gasteiger charge is -2.16. The molecular formula is C15H31N. The zero-order valence-corrected chi connectivity index (χ0v) is 11.4. The van der Waals surface area contributed by atoms with Crippen LogP contribution in [0, 0.1) is 0 Å². The summed E-state index contributed by atoms with van der Waals surface area (Å²) in [6, 6.07) is 0.717. The first kappa shape index (κ1) is 15.7. The first-order valence-corrected chi connectivity index (χ1v) is 7.19. The Labute approximate surface area is 103 Å². The van der Waals surface area contributed by atoms with Crippen LogP contribution in [-0.4, -0.2) is 12.6 Å². The molecule has 1 atom stereocenters. The Bertz CT molecular complexity index is 142. The predicted octanol–water partition coefficient (Wildman–Crippen LogP) is 4.68. The van der Waals surface area contributed by atoms with Gasteiger partial charge in [0, 0.05) is 6.04 Å². The number of allylic oxidation sites excluding steroid dienone is 1. The summed E-state index contributed by atoms with van der Waals surface area (Å²) >= 11 is 0. The van der Waals surface area contributed by atoms with Gasteiger partial charge in [-0.1, -0.05) is 58.4 Å². The van der Waals surface area contributed by atoms with E-state index < -0.39 is 0 Å². The SMILES string of the molecule is C=CCCC(CCCCCCCC)NCC. The van der Waals surface area contributed by atoms with Gasteiger partial charge in [0.25, 0.3) is 0 Å². The fraction of sp³-hybridized carbons (Fsp3) is 0.867. The summed E-state index contributed by atoms with van der Waals surface area (Å²) in [4.78, 5) is 0. The van der Waals surface area contributed by atoms with Crippen molar-refractivity contribution in [3.63, 3.8) is 0 Å². The van der Waals surface area contributed by atoms with E-state index in [2.05, 4.69) is 25.7 Å². The van der Waals surface area contributed by atoms with Crippen molar-refractivity contribution in [2.24, 2.45) is 0 Å². The fourth-order valence-electron chi connectivity index (χ4n) is 2.13. The zero-order chi connectivity index (χ0) is 12.1. The second-order valence-electron chi connectivity index (χ2n) is 4.68. The minimum Gasteiger partial charge on any atom is -0.314 e. The third-order valence-corrected chi connectivity index (χ3v) is 3.12. The number of nitrogens with one attached hydrogen (secondary N) is 1. The Morgan fingerprint density at radius 3 is 2.31 bits per heavy atom. The van der Waals surface area contributed by atoms with E-state index in [-0.39, 0.29) is 0 Å². The number of hydrogen-bond donors (Lipinski definition) is 1. The van der Waals surface area contributed by atoms with Gasteiger partial charge in [-0.25, -0.2) is 0 Å². The highest BCUT2D eigenvalue weighted by Gasteiger charge is 2.05. The molecule has 96 valence electrons. The van der Waals surface area contributed by atoms with E-state index in [1.807, 2.05) is 6.08 Å². The van der Waals surface area contributed by atoms with Crippen molar-refractivity contribution in [1.82, 2.24) is 5.32 Å². The molecule has 0 fully saturated rings. The highest BCUT2D eigenvalue weighted by Crippen LogP contribution is 2.11. The molecule has 0 rings (SSSR count). The first-order chi connectivity index (χ1) is 7.85. The maximum atomic E-state index is 3.80. The summed E-state index contributed by atoms with van der Waals surface area (Å²) in [5.74, 6) is 0. The van der Waals surface area contributed by atoms with Crippen molar-refractivity contribution in [1.29, 1.82) is 0 Å². The van der Waals surface area contributed by atoms with Gasteiger partial charge >= 0.3 is 0 Å². The smallest absolute Gasteiger partial charge is 0.00698 e. The first-order valence-electron chi connectivity index (χ1n) is 7.19. The average Bonchev–Trinajstić information content (AvgIpc) is 2.30. The maximum absolute atomic E-state index is 3.80. The Morgan fingerprint density at radius 1 is 1.00 bits per heavy atom. The summed E-state index contributed by atoms with van der Waals surface area (Å²) in [6.07, 6.45) is 14.2. The van der Waals surface area contributed by atoms with Crippen molar-refractivity contribution in [3.05, 3.63) is 12.7 Å². The van der Waals surface area contributed by atoms with Crippen LogP contribution in [0.3, 0.4) is 0 Å². The van der Waals surface area contributed by atoms with Crippen molar-refractivity contribution in [3.8, 4) is 0 Å². The molecule has 0 aliphatic rings. The molecule has 0 aromatic heterocycles. The molecule has 16 heavy (non-hydrogen) atoms. The zero-order valence-electron chi connectivity index (χ0n) is 11.4. The van der Waals surface area contributed by atoms with E-state index in [0.29, 0.717) is 6.04 Å². The fourth-order valence-corrected chi connectivity index (χ4v) is 2.13. The normalized spacial score (nSPS) is 12.6. The van der Waals surface area contributed by atoms with Gasteiger partial charge in [0.15, 0.2) is 0 Å². The molecule has 0 aromatic rings. The van der Waals surface area contributed by atoms with E-state index >= 15 is 0 Å². The van der Waals surface area contributed by atoms with Crippen LogP contribution in [0.4, 0.5) is 0 Å². The summed E-state index contributed by atoms with van der Waals surface area (Å²) < 4.78 is 0. The standard InChI is InChI=1S/C15H31N/c1-4-7-9-10-11-12-14-15(16-6-3)13-8-5-2/h5,15-16H,2,4,6-14H2,1,3H3. The van der Waals surface area contributed by atoms with Crippen LogP contribution in [-0.2, 0) is 0 Å². The molecule has 1 heteroatoms. The van der Waals surface area contributed by atoms with Crippen molar-refractivity contribution >= 4 is 0 Å². The van der Waals surface area contributed by atoms with Gasteiger partial charge in [-0.2, -0.15) is 0 Å². The molecule has 0 aliphatic carbocycles. The Balaban J connectivity index is 3.39. The maximum Gasteiger partial charge on any atom is 0.00698 e. The lowest BCUT2D eigenvalue weighted by molar-refractivity contribution is 0.441. The molecule has 0 aromatic carbocycles. The van der Waals surface area contributed by atoms with Gasteiger partial charge in [-0.05, 0) is 25.8 Å². The molecule has 1 unspecified atom stereocenters. The number of hydrogen-bond acceptors (Lipinski definition) is 1. The van der Waals surface area contributed by atoms with Gasteiger partial charge in [0.05, 0.1) is 0 Å². The molecule has 0 aliphatic heterocycles. The van der Waals surface area contributed by atoms with Crippen LogP contribution in [0.25, 0.3) is 0 Å². The van der Waals surface area contributed by atoms with E-state index in [0.717, 1.165) is 13.0 Å². The number of rotatable bonds is 12. The molecular weight excluding hydrogens is 194 g/mol. The van der Waals surface area contributed by atoms with Crippen molar-refractivity contribution in [2.75, 3.05) is 6.54 Å². The third-order valence-electron chi connectivity index (χ3n) is 3.12. The third kappa shape index (κ3) is 10.2. The topological polar surface area (TPSA) is 12.0 Å². The Hall–Kier alpha value is -0.300. The quantitative estimate of drug-likeness (QED) is 0.375. The number of unbranched alkanes of at least 4 members (excludes halogenated alkanes) is 5. The lowest BCUT2D eigenvalue weighted by atomic mass is 10.0. The molecule has 0 saturated carbocycles. The molecule has 0 radical (unpaired) electrons. The van der Waals surface area contributed by atoms with E-state index in [4.69, 9.17) is 0 Å². The van der Waals surface area contributed by atoms with Crippen molar-refractivity contribution in [2.45, 2.75) is 77.7 Å². The molecule has 1 N–H and O–H groups in total. The van der Waals surface area contributed by atoms with Crippen LogP contribution in [0.2, 0.25) is 0 Å².